The first-order valence-electron chi connectivity index (χ1n) is 8.48. The zero-order valence-electron chi connectivity index (χ0n) is 13.8. The van der Waals surface area contributed by atoms with Crippen LogP contribution in [0.4, 0.5) is 5.82 Å². The van der Waals surface area contributed by atoms with E-state index in [2.05, 4.69) is 41.1 Å². The third-order valence-corrected chi connectivity index (χ3v) is 4.69. The van der Waals surface area contributed by atoms with E-state index in [9.17, 15) is 0 Å². The van der Waals surface area contributed by atoms with E-state index in [0.29, 0.717) is 6.04 Å². The molecule has 1 N–H and O–H groups in total. The van der Waals surface area contributed by atoms with Crippen LogP contribution in [0.25, 0.3) is 0 Å². The monoisotopic (exact) mass is 290 g/mol. The summed E-state index contributed by atoms with van der Waals surface area (Å²) in [5, 5.41) is 3.26. The van der Waals surface area contributed by atoms with Gasteiger partial charge in [-0.2, -0.15) is 0 Å². The lowest BCUT2D eigenvalue weighted by Gasteiger charge is -2.34. The Bertz CT molecular complexity index is 396. The van der Waals surface area contributed by atoms with Crippen LogP contribution in [-0.4, -0.2) is 34.5 Å². The summed E-state index contributed by atoms with van der Waals surface area (Å²) in [7, 11) is 2.22. The molecule has 0 spiro atoms. The molecule has 0 aliphatic heterocycles. The van der Waals surface area contributed by atoms with Gasteiger partial charge >= 0.3 is 0 Å². The van der Waals surface area contributed by atoms with Gasteiger partial charge < -0.3 is 5.32 Å². The van der Waals surface area contributed by atoms with Crippen molar-refractivity contribution in [1.82, 2.24) is 14.9 Å². The van der Waals surface area contributed by atoms with Crippen LogP contribution in [0.1, 0.15) is 58.1 Å². The highest BCUT2D eigenvalue weighted by Gasteiger charge is 2.23. The summed E-state index contributed by atoms with van der Waals surface area (Å²) >= 11 is 0. The topological polar surface area (TPSA) is 41.1 Å². The summed E-state index contributed by atoms with van der Waals surface area (Å²) in [5.74, 6) is 1.84. The third-order valence-electron chi connectivity index (χ3n) is 4.69. The quantitative estimate of drug-likeness (QED) is 0.831. The molecule has 1 aromatic rings. The molecule has 0 bridgehead atoms. The first-order chi connectivity index (χ1) is 10.2. The molecular formula is C17H30N4. The van der Waals surface area contributed by atoms with Gasteiger partial charge in [0.15, 0.2) is 0 Å². The Morgan fingerprint density at radius 3 is 2.48 bits per heavy atom. The molecule has 1 aliphatic rings. The van der Waals surface area contributed by atoms with Crippen molar-refractivity contribution in [2.75, 3.05) is 18.9 Å². The van der Waals surface area contributed by atoms with Gasteiger partial charge in [-0.15, -0.1) is 0 Å². The van der Waals surface area contributed by atoms with E-state index in [1.54, 1.807) is 0 Å². The Hall–Kier alpha value is -1.16. The van der Waals surface area contributed by atoms with Gasteiger partial charge in [-0.1, -0.05) is 20.3 Å². The summed E-state index contributed by atoms with van der Waals surface area (Å²) in [6, 6.07) is 0.715. The van der Waals surface area contributed by atoms with Crippen LogP contribution in [0.15, 0.2) is 12.4 Å². The first-order valence-corrected chi connectivity index (χ1v) is 8.48. The SMILES string of the molecule is CCCNc1cnc(CN(C)C2CCC(CC)CC2)cn1. The zero-order valence-corrected chi connectivity index (χ0v) is 13.8. The molecule has 21 heavy (non-hydrogen) atoms. The average molecular weight is 290 g/mol. The maximum absolute atomic E-state index is 4.53. The summed E-state index contributed by atoms with van der Waals surface area (Å²) < 4.78 is 0. The van der Waals surface area contributed by atoms with Gasteiger partial charge in [-0.25, -0.2) is 4.98 Å². The Morgan fingerprint density at radius 1 is 1.14 bits per heavy atom. The van der Waals surface area contributed by atoms with Crippen molar-refractivity contribution in [2.45, 2.75) is 65.0 Å². The van der Waals surface area contributed by atoms with Gasteiger partial charge in [0, 0.05) is 19.1 Å². The van der Waals surface area contributed by atoms with Gasteiger partial charge in [0.1, 0.15) is 5.82 Å². The molecule has 0 amide bonds. The molecular weight excluding hydrogens is 260 g/mol. The maximum Gasteiger partial charge on any atom is 0.144 e. The van der Waals surface area contributed by atoms with E-state index in [-0.39, 0.29) is 0 Å². The minimum absolute atomic E-state index is 0.715. The number of hydrogen-bond acceptors (Lipinski definition) is 4. The normalized spacial score (nSPS) is 22.5. The van der Waals surface area contributed by atoms with E-state index < -0.39 is 0 Å². The molecule has 118 valence electrons. The van der Waals surface area contributed by atoms with Crippen molar-refractivity contribution in [1.29, 1.82) is 0 Å². The van der Waals surface area contributed by atoms with E-state index in [1.165, 1.54) is 32.1 Å². The summed E-state index contributed by atoms with van der Waals surface area (Å²) in [4.78, 5) is 11.4. The van der Waals surface area contributed by atoms with Crippen molar-refractivity contribution >= 4 is 5.82 Å². The number of anilines is 1. The van der Waals surface area contributed by atoms with Crippen molar-refractivity contribution in [2.24, 2.45) is 5.92 Å². The largest absolute Gasteiger partial charge is 0.369 e. The van der Waals surface area contributed by atoms with Crippen molar-refractivity contribution in [3.63, 3.8) is 0 Å². The molecule has 1 aromatic heterocycles. The van der Waals surface area contributed by atoms with Crippen molar-refractivity contribution in [3.8, 4) is 0 Å². The Labute approximate surface area is 129 Å². The minimum atomic E-state index is 0.715. The first kappa shape index (κ1) is 16.2. The lowest BCUT2D eigenvalue weighted by atomic mass is 9.84. The van der Waals surface area contributed by atoms with Crippen molar-refractivity contribution < 1.29 is 0 Å². The maximum atomic E-state index is 4.53. The molecule has 0 aromatic carbocycles. The molecule has 0 saturated heterocycles. The smallest absolute Gasteiger partial charge is 0.144 e. The van der Waals surface area contributed by atoms with E-state index in [0.717, 1.165) is 36.9 Å². The molecule has 0 radical (unpaired) electrons. The van der Waals surface area contributed by atoms with Crippen molar-refractivity contribution in [3.05, 3.63) is 18.1 Å². The average Bonchev–Trinajstić information content (AvgIpc) is 2.54. The van der Waals surface area contributed by atoms with Crippen LogP contribution in [0.5, 0.6) is 0 Å². The standard InChI is InChI=1S/C17H30N4/c1-4-10-18-17-12-19-15(11-20-17)13-21(3)16-8-6-14(5-2)7-9-16/h11-12,14,16H,4-10,13H2,1-3H3,(H,18,20). The molecule has 1 saturated carbocycles. The number of aromatic nitrogens is 2. The Morgan fingerprint density at radius 2 is 1.90 bits per heavy atom. The molecule has 4 nitrogen and oxygen atoms in total. The molecule has 1 heterocycles. The molecule has 4 heteroatoms. The van der Waals surface area contributed by atoms with Crippen LogP contribution in [0.3, 0.4) is 0 Å². The number of hydrogen-bond donors (Lipinski definition) is 1. The van der Waals surface area contributed by atoms with Gasteiger partial charge in [0.05, 0.1) is 18.1 Å². The highest BCUT2D eigenvalue weighted by molar-refractivity contribution is 5.30. The van der Waals surface area contributed by atoms with Crippen LogP contribution < -0.4 is 5.32 Å². The second kappa shape index (κ2) is 8.32. The van der Waals surface area contributed by atoms with Crippen LogP contribution in [0, 0.1) is 5.92 Å². The zero-order chi connectivity index (χ0) is 15.1. The van der Waals surface area contributed by atoms with Gasteiger partial charge in [-0.3, -0.25) is 9.88 Å². The number of nitrogens with zero attached hydrogens (tertiary/aromatic N) is 3. The lowest BCUT2D eigenvalue weighted by Crippen LogP contribution is -2.34. The third kappa shape index (κ3) is 4.95. The van der Waals surface area contributed by atoms with E-state index in [4.69, 9.17) is 0 Å². The second-order valence-corrected chi connectivity index (χ2v) is 6.32. The molecule has 1 aliphatic carbocycles. The lowest BCUT2D eigenvalue weighted by molar-refractivity contribution is 0.156. The van der Waals surface area contributed by atoms with Crippen LogP contribution in [-0.2, 0) is 6.54 Å². The number of rotatable bonds is 7. The summed E-state index contributed by atoms with van der Waals surface area (Å²) in [6.45, 7) is 6.33. The predicted octanol–water partition coefficient (Wildman–Crippen LogP) is 3.70. The van der Waals surface area contributed by atoms with Crippen LogP contribution in [0.2, 0.25) is 0 Å². The molecule has 0 unspecified atom stereocenters. The Balaban J connectivity index is 1.81. The fourth-order valence-electron chi connectivity index (χ4n) is 3.16. The van der Waals surface area contributed by atoms with E-state index >= 15 is 0 Å². The fraction of sp³-hybridized carbons (Fsp3) is 0.765. The summed E-state index contributed by atoms with van der Waals surface area (Å²) in [5.41, 5.74) is 1.07. The second-order valence-electron chi connectivity index (χ2n) is 6.32. The highest BCUT2D eigenvalue weighted by atomic mass is 15.1. The summed E-state index contributed by atoms with van der Waals surface area (Å²) in [6.07, 6.45) is 11.6. The number of nitrogens with one attached hydrogen (secondary N) is 1. The minimum Gasteiger partial charge on any atom is -0.369 e. The van der Waals surface area contributed by atoms with Gasteiger partial charge in [-0.05, 0) is 45.1 Å². The molecule has 1 fully saturated rings. The van der Waals surface area contributed by atoms with Gasteiger partial charge in [0.2, 0.25) is 0 Å². The highest BCUT2D eigenvalue weighted by Crippen LogP contribution is 2.29. The molecule has 2 rings (SSSR count). The molecule has 0 atom stereocenters. The van der Waals surface area contributed by atoms with Crippen LogP contribution >= 0.6 is 0 Å². The fourth-order valence-corrected chi connectivity index (χ4v) is 3.16. The predicted molar refractivity (Wildman–Crippen MR) is 88.3 cm³/mol. The van der Waals surface area contributed by atoms with Gasteiger partial charge in [0.25, 0.3) is 0 Å². The van der Waals surface area contributed by atoms with E-state index in [1.807, 2.05) is 12.4 Å². The Kier molecular flexibility index (Phi) is 6.43.